The van der Waals surface area contributed by atoms with Gasteiger partial charge in [-0.15, -0.1) is 0 Å². The second kappa shape index (κ2) is 8.47. The van der Waals surface area contributed by atoms with Gasteiger partial charge in [0.25, 0.3) is 0 Å². The van der Waals surface area contributed by atoms with E-state index in [2.05, 4.69) is 33.8 Å². The standard InChI is InChI=1S/C18H28O2S/c1-12(2)15-7-8-18(20-13(3)4)16(11-15)17(19)9-10-21-14(5)6/h7-8,11-14H,9-10H2,1-6H3. The van der Waals surface area contributed by atoms with Gasteiger partial charge in [-0.2, -0.15) is 11.8 Å². The summed E-state index contributed by atoms with van der Waals surface area (Å²) in [6, 6.07) is 6.00. The van der Waals surface area contributed by atoms with Crippen molar-refractivity contribution < 1.29 is 9.53 Å². The Morgan fingerprint density at radius 2 is 1.81 bits per heavy atom. The van der Waals surface area contributed by atoms with E-state index in [1.54, 1.807) is 0 Å². The normalized spacial score (nSPS) is 11.5. The van der Waals surface area contributed by atoms with E-state index >= 15 is 0 Å². The summed E-state index contributed by atoms with van der Waals surface area (Å²) in [5, 5.41) is 0.561. The number of benzene rings is 1. The molecular formula is C18H28O2S. The van der Waals surface area contributed by atoms with Crippen molar-refractivity contribution >= 4 is 17.5 Å². The fraction of sp³-hybridized carbons (Fsp3) is 0.611. The summed E-state index contributed by atoms with van der Waals surface area (Å²) in [5.74, 6) is 2.17. The molecule has 0 N–H and O–H groups in total. The van der Waals surface area contributed by atoms with Gasteiger partial charge < -0.3 is 4.74 Å². The highest BCUT2D eigenvalue weighted by atomic mass is 32.2. The van der Waals surface area contributed by atoms with Gasteiger partial charge in [-0.25, -0.2) is 0 Å². The molecule has 0 aliphatic rings. The maximum absolute atomic E-state index is 12.5. The summed E-state index contributed by atoms with van der Waals surface area (Å²) >= 11 is 1.82. The minimum absolute atomic E-state index is 0.0755. The van der Waals surface area contributed by atoms with Crippen LogP contribution in [0.4, 0.5) is 0 Å². The molecule has 1 rings (SSSR count). The van der Waals surface area contributed by atoms with E-state index in [1.165, 1.54) is 5.56 Å². The summed E-state index contributed by atoms with van der Waals surface area (Å²) in [7, 11) is 0. The quantitative estimate of drug-likeness (QED) is 0.609. The van der Waals surface area contributed by atoms with Gasteiger partial charge in [0, 0.05) is 12.2 Å². The molecule has 3 heteroatoms. The lowest BCUT2D eigenvalue weighted by Crippen LogP contribution is -2.11. The number of hydrogen-bond donors (Lipinski definition) is 0. The van der Waals surface area contributed by atoms with E-state index in [4.69, 9.17) is 4.74 Å². The van der Waals surface area contributed by atoms with Crippen molar-refractivity contribution in [1.82, 2.24) is 0 Å². The van der Waals surface area contributed by atoms with Crippen LogP contribution in [-0.2, 0) is 0 Å². The molecular weight excluding hydrogens is 280 g/mol. The fourth-order valence-electron chi connectivity index (χ4n) is 2.00. The molecule has 21 heavy (non-hydrogen) atoms. The average molecular weight is 308 g/mol. The Labute approximate surface area is 133 Å². The van der Waals surface area contributed by atoms with Crippen LogP contribution in [0.1, 0.15) is 69.8 Å². The van der Waals surface area contributed by atoms with Crippen LogP contribution >= 0.6 is 11.8 Å². The first-order valence-corrected chi connectivity index (χ1v) is 8.81. The monoisotopic (exact) mass is 308 g/mol. The lowest BCUT2D eigenvalue weighted by Gasteiger charge is -2.16. The number of hydrogen-bond acceptors (Lipinski definition) is 3. The third-order valence-electron chi connectivity index (χ3n) is 3.11. The predicted molar refractivity (Wildman–Crippen MR) is 92.8 cm³/mol. The number of carbonyl (C=O) groups is 1. The average Bonchev–Trinajstić information content (AvgIpc) is 2.37. The third kappa shape index (κ3) is 6.13. The highest BCUT2D eigenvalue weighted by Gasteiger charge is 2.15. The molecule has 0 saturated carbocycles. The van der Waals surface area contributed by atoms with Crippen LogP contribution < -0.4 is 4.74 Å². The van der Waals surface area contributed by atoms with E-state index < -0.39 is 0 Å². The molecule has 0 aliphatic carbocycles. The molecule has 2 nitrogen and oxygen atoms in total. The van der Waals surface area contributed by atoms with E-state index in [9.17, 15) is 4.79 Å². The molecule has 0 amide bonds. The van der Waals surface area contributed by atoms with Gasteiger partial charge in [-0.1, -0.05) is 33.8 Å². The largest absolute Gasteiger partial charge is 0.490 e. The van der Waals surface area contributed by atoms with Crippen molar-refractivity contribution in [2.75, 3.05) is 5.75 Å². The summed E-state index contributed by atoms with van der Waals surface area (Å²) in [5.41, 5.74) is 1.92. The number of ether oxygens (including phenoxy) is 1. The second-order valence-corrected chi connectivity index (χ2v) is 7.85. The molecule has 1 aromatic rings. The van der Waals surface area contributed by atoms with Crippen molar-refractivity contribution in [2.45, 2.75) is 65.2 Å². The Morgan fingerprint density at radius 3 is 2.33 bits per heavy atom. The maximum atomic E-state index is 12.5. The number of rotatable bonds is 8. The zero-order valence-electron chi connectivity index (χ0n) is 14.1. The molecule has 118 valence electrons. The highest BCUT2D eigenvalue weighted by molar-refractivity contribution is 7.99. The van der Waals surface area contributed by atoms with Gasteiger partial charge in [0.15, 0.2) is 5.78 Å². The highest BCUT2D eigenvalue weighted by Crippen LogP contribution is 2.27. The molecule has 0 fully saturated rings. The van der Waals surface area contributed by atoms with Gasteiger partial charge in [0.1, 0.15) is 5.75 Å². The van der Waals surface area contributed by atoms with Crippen molar-refractivity contribution in [3.63, 3.8) is 0 Å². The Morgan fingerprint density at radius 1 is 1.14 bits per heavy atom. The summed E-state index contributed by atoms with van der Waals surface area (Å²) in [4.78, 5) is 12.5. The van der Waals surface area contributed by atoms with Crippen LogP contribution in [0.15, 0.2) is 18.2 Å². The molecule has 0 bridgehead atoms. The first kappa shape index (κ1) is 18.1. The Bertz CT molecular complexity index is 464. The first-order valence-electron chi connectivity index (χ1n) is 7.76. The van der Waals surface area contributed by atoms with Gasteiger partial charge in [-0.3, -0.25) is 4.79 Å². The molecule has 0 aromatic heterocycles. The van der Waals surface area contributed by atoms with Gasteiger partial charge >= 0.3 is 0 Å². The molecule has 0 unspecified atom stereocenters. The van der Waals surface area contributed by atoms with Gasteiger partial charge in [0.2, 0.25) is 0 Å². The lowest BCUT2D eigenvalue weighted by molar-refractivity contribution is 0.0983. The molecule has 0 heterocycles. The van der Waals surface area contributed by atoms with Crippen molar-refractivity contribution in [3.05, 3.63) is 29.3 Å². The van der Waals surface area contributed by atoms with E-state index in [0.29, 0.717) is 23.3 Å². The Hall–Kier alpha value is -0.960. The first-order chi connectivity index (χ1) is 9.81. The van der Waals surface area contributed by atoms with Gasteiger partial charge in [-0.05, 0) is 42.7 Å². The number of Topliss-reactive ketones (excluding diaryl/α,β-unsaturated/α-hetero) is 1. The third-order valence-corrected chi connectivity index (χ3v) is 4.22. The molecule has 0 atom stereocenters. The maximum Gasteiger partial charge on any atom is 0.167 e. The molecule has 0 saturated heterocycles. The molecule has 0 aliphatic heterocycles. The number of ketones is 1. The predicted octanol–water partition coefficient (Wildman–Crippen LogP) is 5.31. The smallest absolute Gasteiger partial charge is 0.167 e. The SMILES string of the molecule is CC(C)Oc1ccc(C(C)C)cc1C(=O)CCSC(C)C. The minimum Gasteiger partial charge on any atom is -0.490 e. The van der Waals surface area contributed by atoms with Crippen molar-refractivity contribution in [3.8, 4) is 5.75 Å². The van der Waals surface area contributed by atoms with E-state index in [1.807, 2.05) is 37.7 Å². The zero-order chi connectivity index (χ0) is 16.0. The van der Waals surface area contributed by atoms with Crippen LogP contribution in [0.3, 0.4) is 0 Å². The van der Waals surface area contributed by atoms with Crippen molar-refractivity contribution in [1.29, 1.82) is 0 Å². The van der Waals surface area contributed by atoms with Crippen LogP contribution in [0.25, 0.3) is 0 Å². The zero-order valence-corrected chi connectivity index (χ0v) is 14.9. The topological polar surface area (TPSA) is 26.3 Å². The summed E-state index contributed by atoms with van der Waals surface area (Å²) < 4.78 is 5.80. The van der Waals surface area contributed by atoms with Crippen LogP contribution in [0.2, 0.25) is 0 Å². The molecule has 0 radical (unpaired) electrons. The number of carbonyl (C=O) groups excluding carboxylic acids is 1. The number of thioether (sulfide) groups is 1. The van der Waals surface area contributed by atoms with E-state index in [-0.39, 0.29) is 11.9 Å². The lowest BCUT2D eigenvalue weighted by atomic mass is 9.97. The van der Waals surface area contributed by atoms with Crippen LogP contribution in [0.5, 0.6) is 5.75 Å². The molecule has 1 aromatic carbocycles. The van der Waals surface area contributed by atoms with Crippen molar-refractivity contribution in [2.24, 2.45) is 0 Å². The van der Waals surface area contributed by atoms with Gasteiger partial charge in [0.05, 0.1) is 11.7 Å². The minimum atomic E-state index is 0.0755. The van der Waals surface area contributed by atoms with E-state index in [0.717, 1.165) is 11.3 Å². The Balaban J connectivity index is 2.93. The fourth-order valence-corrected chi connectivity index (χ4v) is 2.78. The summed E-state index contributed by atoms with van der Waals surface area (Å²) in [6.07, 6.45) is 0.644. The molecule has 0 spiro atoms. The Kier molecular flexibility index (Phi) is 7.30. The summed E-state index contributed by atoms with van der Waals surface area (Å²) in [6.45, 7) is 12.6. The second-order valence-electron chi connectivity index (χ2n) is 6.17. The van der Waals surface area contributed by atoms with Crippen LogP contribution in [0, 0.1) is 0 Å². The van der Waals surface area contributed by atoms with Crippen LogP contribution in [-0.4, -0.2) is 22.9 Å².